The van der Waals surface area contributed by atoms with Gasteiger partial charge in [-0.3, -0.25) is 0 Å². The molecule has 1 aromatic rings. The lowest BCUT2D eigenvalue weighted by Crippen LogP contribution is -2.11. The third-order valence-corrected chi connectivity index (χ3v) is 4.07. The van der Waals surface area contributed by atoms with Crippen molar-refractivity contribution in [2.75, 3.05) is 0 Å². The van der Waals surface area contributed by atoms with Gasteiger partial charge in [0, 0.05) is 0 Å². The smallest absolute Gasteiger partial charge is 0.0155 e. The van der Waals surface area contributed by atoms with E-state index in [-0.39, 0.29) is 0 Å². The van der Waals surface area contributed by atoms with Crippen LogP contribution in [0.1, 0.15) is 56.2 Å². The Morgan fingerprint density at radius 1 is 1.11 bits per heavy atom. The zero-order valence-electron chi connectivity index (χ0n) is 11.8. The van der Waals surface area contributed by atoms with Crippen molar-refractivity contribution < 1.29 is 0 Å². The van der Waals surface area contributed by atoms with Crippen molar-refractivity contribution in [1.82, 2.24) is 0 Å². The van der Waals surface area contributed by atoms with Crippen LogP contribution in [0, 0.1) is 5.92 Å². The molecule has 2 rings (SSSR count). The van der Waals surface area contributed by atoms with Crippen LogP contribution in [-0.4, -0.2) is 0 Å². The fraction of sp³-hybridized carbons (Fsp3) is 0.444. The molecule has 0 spiro atoms. The Morgan fingerprint density at radius 3 is 2.28 bits per heavy atom. The number of hydrogen-bond donors (Lipinski definition) is 0. The second kappa shape index (κ2) is 5.56. The minimum absolute atomic E-state index is 0.985. The van der Waals surface area contributed by atoms with E-state index in [9.17, 15) is 0 Å². The molecule has 0 heterocycles. The molecule has 0 heteroatoms. The SMILES string of the molecule is C=C(C)c1ccc(CCC2CCC2)cc1C(=C)C. The van der Waals surface area contributed by atoms with E-state index in [1.54, 1.807) is 0 Å². The van der Waals surface area contributed by atoms with Crippen LogP contribution >= 0.6 is 0 Å². The summed E-state index contributed by atoms with van der Waals surface area (Å²) in [4.78, 5) is 0. The van der Waals surface area contributed by atoms with E-state index in [0.717, 1.165) is 17.1 Å². The van der Waals surface area contributed by atoms with Gasteiger partial charge in [0.2, 0.25) is 0 Å². The predicted octanol–water partition coefficient (Wildman–Crippen LogP) is 5.49. The van der Waals surface area contributed by atoms with Crippen LogP contribution < -0.4 is 0 Å². The van der Waals surface area contributed by atoms with Crippen molar-refractivity contribution >= 4 is 11.1 Å². The molecule has 1 aliphatic rings. The van der Waals surface area contributed by atoms with Gasteiger partial charge in [0.25, 0.3) is 0 Å². The molecule has 0 bridgehead atoms. The lowest BCUT2D eigenvalue weighted by Gasteiger charge is -2.25. The number of aryl methyl sites for hydroxylation is 1. The van der Waals surface area contributed by atoms with E-state index >= 15 is 0 Å². The highest BCUT2D eigenvalue weighted by Gasteiger charge is 2.17. The molecule has 0 unspecified atom stereocenters. The average molecular weight is 240 g/mol. The van der Waals surface area contributed by atoms with Crippen LogP contribution in [0.5, 0.6) is 0 Å². The highest BCUT2D eigenvalue weighted by molar-refractivity contribution is 5.76. The van der Waals surface area contributed by atoms with Crippen molar-refractivity contribution in [2.45, 2.75) is 46.0 Å². The first-order chi connectivity index (χ1) is 8.58. The Hall–Kier alpha value is -1.30. The predicted molar refractivity (Wildman–Crippen MR) is 81.5 cm³/mol. The number of benzene rings is 1. The van der Waals surface area contributed by atoms with E-state index in [0.29, 0.717) is 0 Å². The summed E-state index contributed by atoms with van der Waals surface area (Å²) in [5.74, 6) is 0.985. The van der Waals surface area contributed by atoms with Gasteiger partial charge in [-0.2, -0.15) is 0 Å². The van der Waals surface area contributed by atoms with Gasteiger partial charge in [-0.1, -0.05) is 61.8 Å². The molecule has 1 aromatic carbocycles. The molecule has 1 fully saturated rings. The van der Waals surface area contributed by atoms with Gasteiger partial charge < -0.3 is 0 Å². The Bertz CT molecular complexity index is 461. The molecule has 0 nitrogen and oxygen atoms in total. The third-order valence-electron chi connectivity index (χ3n) is 4.07. The maximum absolute atomic E-state index is 4.09. The third kappa shape index (κ3) is 2.93. The van der Waals surface area contributed by atoms with Crippen molar-refractivity contribution in [3.8, 4) is 0 Å². The Labute approximate surface area is 111 Å². The summed E-state index contributed by atoms with van der Waals surface area (Å²) in [6.07, 6.45) is 6.88. The first kappa shape index (κ1) is 13.1. The summed E-state index contributed by atoms with van der Waals surface area (Å²) in [6, 6.07) is 6.78. The molecule has 1 saturated carbocycles. The molecule has 0 radical (unpaired) electrons. The molecule has 18 heavy (non-hydrogen) atoms. The number of allylic oxidation sites excluding steroid dienone is 2. The largest absolute Gasteiger partial charge is 0.0955 e. The zero-order chi connectivity index (χ0) is 13.1. The van der Waals surface area contributed by atoms with Crippen LogP contribution in [0.15, 0.2) is 31.4 Å². The molecule has 0 atom stereocenters. The standard InChI is InChI=1S/C18H24/c1-13(2)17-11-10-16(12-18(17)14(3)4)9-8-15-6-5-7-15/h10-12,15H,1,3,5-9H2,2,4H3. The maximum atomic E-state index is 4.09. The monoisotopic (exact) mass is 240 g/mol. The van der Waals surface area contributed by atoms with Gasteiger partial charge in [-0.15, -0.1) is 0 Å². The van der Waals surface area contributed by atoms with Gasteiger partial charge in [0.05, 0.1) is 0 Å². The fourth-order valence-corrected chi connectivity index (χ4v) is 2.62. The molecule has 0 aromatic heterocycles. The van der Waals surface area contributed by atoms with Crippen molar-refractivity contribution in [2.24, 2.45) is 5.92 Å². The summed E-state index contributed by atoms with van der Waals surface area (Å²) in [5, 5.41) is 0. The quantitative estimate of drug-likeness (QED) is 0.638. The summed E-state index contributed by atoms with van der Waals surface area (Å²) in [6.45, 7) is 12.3. The number of rotatable bonds is 5. The molecule has 96 valence electrons. The van der Waals surface area contributed by atoms with Crippen LogP contribution in [0.2, 0.25) is 0 Å². The van der Waals surface area contributed by atoms with E-state index in [1.165, 1.54) is 48.8 Å². The van der Waals surface area contributed by atoms with Gasteiger partial charge in [0.15, 0.2) is 0 Å². The van der Waals surface area contributed by atoms with Crippen LogP contribution in [0.4, 0.5) is 0 Å². The first-order valence-corrected chi connectivity index (χ1v) is 7.02. The van der Waals surface area contributed by atoms with Crippen molar-refractivity contribution in [3.05, 3.63) is 48.0 Å². The first-order valence-electron chi connectivity index (χ1n) is 7.02. The lowest BCUT2D eigenvalue weighted by molar-refractivity contribution is 0.296. The highest BCUT2D eigenvalue weighted by Crippen LogP contribution is 2.31. The topological polar surface area (TPSA) is 0 Å². The minimum Gasteiger partial charge on any atom is -0.0955 e. The van der Waals surface area contributed by atoms with E-state index in [4.69, 9.17) is 0 Å². The second-order valence-corrected chi connectivity index (χ2v) is 5.78. The average Bonchev–Trinajstić information content (AvgIpc) is 2.26. The summed E-state index contributed by atoms with van der Waals surface area (Å²) in [7, 11) is 0. The Morgan fingerprint density at radius 2 is 1.78 bits per heavy atom. The zero-order valence-corrected chi connectivity index (χ0v) is 11.8. The van der Waals surface area contributed by atoms with E-state index < -0.39 is 0 Å². The van der Waals surface area contributed by atoms with Crippen LogP contribution in [0.3, 0.4) is 0 Å². The molecule has 0 aliphatic heterocycles. The van der Waals surface area contributed by atoms with Crippen LogP contribution in [0.25, 0.3) is 11.1 Å². The minimum atomic E-state index is 0.985. The molecule has 0 N–H and O–H groups in total. The number of hydrogen-bond acceptors (Lipinski definition) is 0. The second-order valence-electron chi connectivity index (χ2n) is 5.78. The van der Waals surface area contributed by atoms with Gasteiger partial charge in [-0.05, 0) is 49.3 Å². The molecule has 1 aliphatic carbocycles. The molecular formula is C18H24. The van der Waals surface area contributed by atoms with Crippen LogP contribution in [-0.2, 0) is 6.42 Å². The highest BCUT2D eigenvalue weighted by atomic mass is 14.2. The molecule has 0 saturated heterocycles. The van der Waals surface area contributed by atoms with E-state index in [2.05, 4.69) is 45.2 Å². The lowest BCUT2D eigenvalue weighted by atomic mass is 9.81. The molecule has 0 amide bonds. The van der Waals surface area contributed by atoms with E-state index in [1.807, 2.05) is 0 Å². The fourth-order valence-electron chi connectivity index (χ4n) is 2.62. The Balaban J connectivity index is 2.14. The summed E-state index contributed by atoms with van der Waals surface area (Å²) >= 11 is 0. The maximum Gasteiger partial charge on any atom is -0.0155 e. The van der Waals surface area contributed by atoms with Crippen molar-refractivity contribution in [1.29, 1.82) is 0 Å². The van der Waals surface area contributed by atoms with Gasteiger partial charge in [0.1, 0.15) is 0 Å². The Kier molecular flexibility index (Phi) is 4.06. The van der Waals surface area contributed by atoms with Crippen molar-refractivity contribution in [3.63, 3.8) is 0 Å². The molecular weight excluding hydrogens is 216 g/mol. The van der Waals surface area contributed by atoms with Gasteiger partial charge in [-0.25, -0.2) is 0 Å². The summed E-state index contributed by atoms with van der Waals surface area (Å²) in [5.41, 5.74) is 6.23. The normalized spacial score (nSPS) is 15.2. The summed E-state index contributed by atoms with van der Waals surface area (Å²) < 4.78 is 0. The van der Waals surface area contributed by atoms with Gasteiger partial charge >= 0.3 is 0 Å².